The largest absolute Gasteiger partial charge is 0.524 e. The number of hydrogen-bond acceptors (Lipinski definition) is 4. The molecule has 0 saturated carbocycles. The van der Waals surface area contributed by atoms with E-state index in [1.807, 2.05) is 0 Å². The first-order valence-electron chi connectivity index (χ1n) is 7.41. The fraction of sp³-hybridized carbons (Fsp3) is 0.353. The van der Waals surface area contributed by atoms with Gasteiger partial charge >= 0.3 is 12.1 Å². The molecule has 0 aromatic heterocycles. The smallest absolute Gasteiger partial charge is 0.462 e. The minimum Gasteiger partial charge on any atom is -0.462 e. The molecule has 0 fully saturated rings. The lowest BCUT2D eigenvalue weighted by Crippen LogP contribution is -2.64. The van der Waals surface area contributed by atoms with Gasteiger partial charge in [0.1, 0.15) is 5.54 Å². The lowest BCUT2D eigenvalue weighted by Gasteiger charge is -2.40. The first kappa shape index (κ1) is 17.7. The third-order valence-corrected chi connectivity index (χ3v) is 4.05. The number of anilines is 1. The topological polar surface area (TPSA) is 92.7 Å². The zero-order valence-corrected chi connectivity index (χ0v) is 14.3. The number of nitrogens with zero attached hydrogens (tertiary/aromatic N) is 1. The van der Waals surface area contributed by atoms with E-state index in [0.29, 0.717) is 16.9 Å². The molecule has 24 heavy (non-hydrogen) atoms. The van der Waals surface area contributed by atoms with Gasteiger partial charge in [0.15, 0.2) is 5.69 Å². The molecule has 0 saturated heterocycles. The summed E-state index contributed by atoms with van der Waals surface area (Å²) >= 11 is 0. The molecule has 1 unspecified atom stereocenters. The number of carbonyl (C=O) groups is 3. The van der Waals surface area contributed by atoms with Crippen molar-refractivity contribution in [3.8, 4) is 0 Å². The Bertz CT molecular complexity index is 761. The number of amides is 2. The number of esters is 1. The third-order valence-electron chi connectivity index (χ3n) is 4.05. The molecule has 0 aliphatic carbocycles. The molecule has 1 aromatic carbocycles. The van der Waals surface area contributed by atoms with Crippen molar-refractivity contribution in [3.05, 3.63) is 29.5 Å². The van der Waals surface area contributed by atoms with Gasteiger partial charge in [-0.15, -0.1) is 4.48 Å². The molecule has 128 valence electrons. The maximum Gasteiger partial charge on any atom is 0.524 e. The minimum atomic E-state index is -1.20. The molecule has 1 atom stereocenters. The van der Waals surface area contributed by atoms with Crippen LogP contribution in [0.3, 0.4) is 0 Å². The Morgan fingerprint density at radius 2 is 1.83 bits per heavy atom. The van der Waals surface area contributed by atoms with Crippen molar-refractivity contribution < 1.29 is 24.2 Å². The number of carboxylic acid groups (broad SMARTS) is 1. The maximum atomic E-state index is 12.3. The van der Waals surface area contributed by atoms with Gasteiger partial charge in [-0.1, -0.05) is 0 Å². The van der Waals surface area contributed by atoms with Gasteiger partial charge in [-0.05, 0) is 32.9 Å². The predicted octanol–water partition coefficient (Wildman–Crippen LogP) is 2.96. The summed E-state index contributed by atoms with van der Waals surface area (Å²) < 4.78 is 4.10. The van der Waals surface area contributed by atoms with E-state index < -0.39 is 22.1 Å². The lowest BCUT2D eigenvalue weighted by atomic mass is 9.99. The summed E-state index contributed by atoms with van der Waals surface area (Å²) in [6, 6.07) is 4.93. The van der Waals surface area contributed by atoms with Crippen LogP contribution in [-0.2, 0) is 14.3 Å². The molecular formula is C17H21N2O5+. The van der Waals surface area contributed by atoms with E-state index in [4.69, 9.17) is 4.74 Å². The average Bonchev–Trinajstić information content (AvgIpc) is 2.80. The molecule has 2 amide bonds. The number of rotatable bonds is 2. The number of fused-ring (bicyclic) bond motifs is 1. The van der Waals surface area contributed by atoms with Gasteiger partial charge in [0.05, 0.1) is 7.11 Å². The number of ether oxygens (including phenoxy) is 1. The van der Waals surface area contributed by atoms with Gasteiger partial charge in [0.25, 0.3) is 0 Å². The first-order valence-corrected chi connectivity index (χ1v) is 7.41. The Kier molecular flexibility index (Phi) is 4.24. The predicted molar refractivity (Wildman–Crippen MR) is 90.3 cm³/mol. The highest BCUT2D eigenvalue weighted by atomic mass is 16.5. The van der Waals surface area contributed by atoms with Gasteiger partial charge in [0.2, 0.25) is 11.6 Å². The Balaban J connectivity index is 2.79. The van der Waals surface area contributed by atoms with Crippen molar-refractivity contribution in [2.75, 3.05) is 12.4 Å². The van der Waals surface area contributed by atoms with E-state index in [0.717, 1.165) is 0 Å². The normalized spacial score (nSPS) is 19.3. The Morgan fingerprint density at radius 1 is 1.21 bits per heavy atom. The molecule has 1 aliphatic rings. The molecule has 1 aromatic rings. The Hall–Kier alpha value is -2.67. The molecule has 7 nitrogen and oxygen atoms in total. The van der Waals surface area contributed by atoms with Gasteiger partial charge < -0.3 is 15.2 Å². The molecule has 2 rings (SSSR count). The highest BCUT2D eigenvalue weighted by molar-refractivity contribution is 6.09. The molecule has 0 radical (unpaired) electrons. The molecule has 1 aliphatic heterocycles. The summed E-state index contributed by atoms with van der Waals surface area (Å²) in [6.45, 7) is 6.57. The van der Waals surface area contributed by atoms with Crippen LogP contribution in [0.2, 0.25) is 0 Å². The molecular weight excluding hydrogens is 312 g/mol. The van der Waals surface area contributed by atoms with Crippen LogP contribution in [0.4, 0.5) is 16.2 Å². The fourth-order valence-electron chi connectivity index (χ4n) is 3.13. The van der Waals surface area contributed by atoms with Gasteiger partial charge in [0, 0.05) is 30.3 Å². The molecule has 0 spiro atoms. The highest BCUT2D eigenvalue weighted by Crippen LogP contribution is 2.48. The van der Waals surface area contributed by atoms with Gasteiger partial charge in [-0.25, -0.2) is 4.79 Å². The molecule has 0 bridgehead atoms. The van der Waals surface area contributed by atoms with E-state index in [9.17, 15) is 19.5 Å². The summed E-state index contributed by atoms with van der Waals surface area (Å²) in [5.41, 5.74) is 0.621. The zero-order valence-electron chi connectivity index (χ0n) is 14.3. The van der Waals surface area contributed by atoms with E-state index in [-0.39, 0.29) is 11.6 Å². The van der Waals surface area contributed by atoms with Crippen LogP contribution in [0.15, 0.2) is 23.9 Å². The van der Waals surface area contributed by atoms with Gasteiger partial charge in [-0.2, -0.15) is 4.79 Å². The number of nitrogens with one attached hydrogen (secondary N) is 1. The van der Waals surface area contributed by atoms with Crippen LogP contribution in [-0.4, -0.2) is 35.7 Å². The van der Waals surface area contributed by atoms with Gasteiger partial charge in [-0.3, -0.25) is 4.79 Å². The molecule has 1 heterocycles. The second kappa shape index (κ2) is 5.76. The van der Waals surface area contributed by atoms with Crippen molar-refractivity contribution in [2.24, 2.45) is 0 Å². The molecule has 7 heteroatoms. The maximum absolute atomic E-state index is 12.3. The van der Waals surface area contributed by atoms with Crippen LogP contribution in [0.5, 0.6) is 0 Å². The standard InChI is InChI=1S/C17H20N2O5/c1-10(20)18-12-7-6-11-8-14(15(21)24-5)19(16(22)23,13(11)9-12)17(2,3)4/h6-9H,1-5H3,(H-,18,20,21,22,23)/p+1. The van der Waals surface area contributed by atoms with E-state index >= 15 is 0 Å². The van der Waals surface area contributed by atoms with Crippen molar-refractivity contribution in [1.29, 1.82) is 0 Å². The van der Waals surface area contributed by atoms with Crippen LogP contribution < -0.4 is 9.80 Å². The quantitative estimate of drug-likeness (QED) is 0.641. The van der Waals surface area contributed by atoms with Crippen LogP contribution in [0.1, 0.15) is 33.3 Å². The van der Waals surface area contributed by atoms with Crippen LogP contribution >= 0.6 is 0 Å². The zero-order chi connectivity index (χ0) is 18.3. The van der Waals surface area contributed by atoms with Crippen molar-refractivity contribution in [1.82, 2.24) is 4.48 Å². The number of hydrogen-bond donors (Lipinski definition) is 2. The van der Waals surface area contributed by atoms with E-state index in [1.165, 1.54) is 20.1 Å². The Morgan fingerprint density at radius 3 is 2.29 bits per heavy atom. The minimum absolute atomic E-state index is 0.0208. The monoisotopic (exact) mass is 333 g/mol. The molecule has 2 N–H and O–H groups in total. The summed E-state index contributed by atoms with van der Waals surface area (Å²) in [5.74, 6) is -0.970. The van der Waals surface area contributed by atoms with E-state index in [2.05, 4.69) is 5.32 Å². The average molecular weight is 333 g/mol. The van der Waals surface area contributed by atoms with Crippen molar-refractivity contribution >= 4 is 35.4 Å². The van der Waals surface area contributed by atoms with E-state index in [1.54, 1.807) is 39.0 Å². The number of benzene rings is 1. The third kappa shape index (κ3) is 2.46. The number of quaternary nitrogens is 1. The summed E-state index contributed by atoms with van der Waals surface area (Å²) in [4.78, 5) is 35.9. The summed E-state index contributed by atoms with van der Waals surface area (Å²) in [7, 11) is 1.22. The number of methoxy groups -OCH3 is 1. The second-order valence-electron chi connectivity index (χ2n) is 6.60. The number of carbonyl (C=O) groups excluding carboxylic acids is 2. The first-order chi connectivity index (χ1) is 11.1. The fourth-order valence-corrected chi connectivity index (χ4v) is 3.13. The van der Waals surface area contributed by atoms with Crippen molar-refractivity contribution in [2.45, 2.75) is 33.2 Å². The SMILES string of the molecule is COC(=O)C1=Cc2ccc(NC(C)=O)cc2[N+]1(C(=O)O)C(C)(C)C. The van der Waals surface area contributed by atoms with Crippen LogP contribution in [0, 0.1) is 0 Å². The van der Waals surface area contributed by atoms with Crippen molar-refractivity contribution in [3.63, 3.8) is 0 Å². The highest BCUT2D eigenvalue weighted by Gasteiger charge is 2.60. The lowest BCUT2D eigenvalue weighted by molar-refractivity contribution is -0.138. The second-order valence-corrected chi connectivity index (χ2v) is 6.60. The summed E-state index contributed by atoms with van der Waals surface area (Å²) in [5, 5.41) is 12.7. The summed E-state index contributed by atoms with van der Waals surface area (Å²) in [6.07, 6.45) is 0.329. The van der Waals surface area contributed by atoms with Crippen LogP contribution in [0.25, 0.3) is 6.08 Å². The Labute approximate surface area is 140 Å².